The highest BCUT2D eigenvalue weighted by Gasteiger charge is 2.30. The third-order valence-electron chi connectivity index (χ3n) is 2.77. The zero-order valence-corrected chi connectivity index (χ0v) is 8.18. The highest BCUT2D eigenvalue weighted by Crippen LogP contribution is 2.30. The Bertz CT molecular complexity index is 97.7. The Morgan fingerprint density at radius 1 is 1.45 bits per heavy atom. The first-order valence-electron chi connectivity index (χ1n) is 4.32. The fourth-order valence-electron chi connectivity index (χ4n) is 1.40. The fraction of sp³-hybridized carbons (Fsp3) is 1.00. The lowest BCUT2D eigenvalue weighted by Crippen LogP contribution is -2.39. The second kappa shape index (κ2) is 4.73. The minimum Gasteiger partial charge on any atom is -0.384 e. The van der Waals surface area contributed by atoms with Crippen molar-refractivity contribution in [3.8, 4) is 0 Å². The molecule has 0 fully saturated rings. The summed E-state index contributed by atoms with van der Waals surface area (Å²) in [6.45, 7) is 8.07. The van der Waals surface area contributed by atoms with Crippen LogP contribution in [0, 0.1) is 11.3 Å². The average molecular weight is 159 g/mol. The standard InChI is InChI=1S/C9H21NO/c1-5-9(6-10,7-11-4)8(2)3/h8H,5-7,10H2,1-4H3. The van der Waals surface area contributed by atoms with Gasteiger partial charge in [-0.2, -0.15) is 0 Å². The van der Waals surface area contributed by atoms with Crippen molar-refractivity contribution in [3.63, 3.8) is 0 Å². The minimum atomic E-state index is 0.189. The predicted molar refractivity (Wildman–Crippen MR) is 48.5 cm³/mol. The van der Waals surface area contributed by atoms with Crippen LogP contribution in [-0.2, 0) is 4.74 Å². The van der Waals surface area contributed by atoms with E-state index < -0.39 is 0 Å². The van der Waals surface area contributed by atoms with Crippen LogP contribution in [0.1, 0.15) is 27.2 Å². The molecule has 1 unspecified atom stereocenters. The summed E-state index contributed by atoms with van der Waals surface area (Å²) in [4.78, 5) is 0. The van der Waals surface area contributed by atoms with Gasteiger partial charge in [-0.1, -0.05) is 20.8 Å². The molecule has 0 aromatic rings. The van der Waals surface area contributed by atoms with Crippen molar-refractivity contribution in [3.05, 3.63) is 0 Å². The molecule has 0 saturated carbocycles. The Kier molecular flexibility index (Phi) is 4.69. The molecule has 68 valence electrons. The van der Waals surface area contributed by atoms with E-state index in [1.165, 1.54) is 0 Å². The van der Waals surface area contributed by atoms with Gasteiger partial charge < -0.3 is 10.5 Å². The lowest BCUT2D eigenvalue weighted by Gasteiger charge is -2.34. The Balaban J connectivity index is 4.20. The van der Waals surface area contributed by atoms with Gasteiger partial charge >= 0.3 is 0 Å². The molecule has 0 spiro atoms. The van der Waals surface area contributed by atoms with Gasteiger partial charge in [0.15, 0.2) is 0 Å². The molecular weight excluding hydrogens is 138 g/mol. The van der Waals surface area contributed by atoms with Crippen molar-refractivity contribution in [1.82, 2.24) is 0 Å². The summed E-state index contributed by atoms with van der Waals surface area (Å²) in [5, 5.41) is 0. The van der Waals surface area contributed by atoms with Gasteiger partial charge in [0.05, 0.1) is 6.61 Å². The van der Waals surface area contributed by atoms with Crippen molar-refractivity contribution >= 4 is 0 Å². The van der Waals surface area contributed by atoms with E-state index in [0.29, 0.717) is 5.92 Å². The van der Waals surface area contributed by atoms with E-state index in [1.807, 2.05) is 0 Å². The Labute approximate surface area is 70.1 Å². The molecular formula is C9H21NO. The van der Waals surface area contributed by atoms with E-state index in [2.05, 4.69) is 20.8 Å². The third-order valence-corrected chi connectivity index (χ3v) is 2.77. The van der Waals surface area contributed by atoms with Crippen LogP contribution in [0.2, 0.25) is 0 Å². The molecule has 0 aromatic heterocycles. The van der Waals surface area contributed by atoms with Gasteiger partial charge in [-0.25, -0.2) is 0 Å². The lowest BCUT2D eigenvalue weighted by molar-refractivity contribution is 0.0462. The molecule has 0 amide bonds. The summed E-state index contributed by atoms with van der Waals surface area (Å²) in [5.74, 6) is 0.595. The predicted octanol–water partition coefficient (Wildman–Crippen LogP) is 1.64. The summed E-state index contributed by atoms with van der Waals surface area (Å²) >= 11 is 0. The summed E-state index contributed by atoms with van der Waals surface area (Å²) in [6.07, 6.45) is 1.09. The summed E-state index contributed by atoms with van der Waals surface area (Å²) in [6, 6.07) is 0. The van der Waals surface area contributed by atoms with Gasteiger partial charge in [0.25, 0.3) is 0 Å². The first-order valence-corrected chi connectivity index (χ1v) is 4.32. The fourth-order valence-corrected chi connectivity index (χ4v) is 1.40. The van der Waals surface area contributed by atoms with Gasteiger partial charge in [0, 0.05) is 19.1 Å². The maximum Gasteiger partial charge on any atom is 0.0533 e. The van der Waals surface area contributed by atoms with E-state index in [-0.39, 0.29) is 5.41 Å². The molecule has 0 aliphatic rings. The van der Waals surface area contributed by atoms with E-state index >= 15 is 0 Å². The topological polar surface area (TPSA) is 35.2 Å². The number of nitrogens with two attached hydrogens (primary N) is 1. The zero-order valence-electron chi connectivity index (χ0n) is 8.18. The number of rotatable bonds is 5. The van der Waals surface area contributed by atoms with Crippen LogP contribution < -0.4 is 5.73 Å². The average Bonchev–Trinajstić information content (AvgIpc) is 2.00. The normalized spacial score (nSPS) is 16.9. The van der Waals surface area contributed by atoms with Crippen LogP contribution in [0.25, 0.3) is 0 Å². The van der Waals surface area contributed by atoms with Crippen LogP contribution in [0.15, 0.2) is 0 Å². The second-order valence-electron chi connectivity index (χ2n) is 3.51. The molecule has 0 heterocycles. The van der Waals surface area contributed by atoms with Crippen LogP contribution in [0.4, 0.5) is 0 Å². The largest absolute Gasteiger partial charge is 0.384 e. The first kappa shape index (κ1) is 10.9. The molecule has 0 saturated heterocycles. The molecule has 0 aliphatic heterocycles. The molecule has 0 radical (unpaired) electrons. The molecule has 2 heteroatoms. The summed E-state index contributed by atoms with van der Waals surface area (Å²) < 4.78 is 5.17. The van der Waals surface area contributed by atoms with Crippen molar-refractivity contribution in [2.45, 2.75) is 27.2 Å². The number of methoxy groups -OCH3 is 1. The van der Waals surface area contributed by atoms with Gasteiger partial charge in [-0.3, -0.25) is 0 Å². The first-order chi connectivity index (χ1) is 5.13. The highest BCUT2D eigenvalue weighted by molar-refractivity contribution is 4.81. The zero-order chi connectivity index (χ0) is 8.91. The van der Waals surface area contributed by atoms with E-state index in [9.17, 15) is 0 Å². The van der Waals surface area contributed by atoms with Crippen LogP contribution >= 0.6 is 0 Å². The molecule has 1 atom stereocenters. The molecule has 0 bridgehead atoms. The van der Waals surface area contributed by atoms with Crippen LogP contribution in [0.5, 0.6) is 0 Å². The Morgan fingerprint density at radius 2 is 2.00 bits per heavy atom. The summed E-state index contributed by atoms with van der Waals surface area (Å²) in [7, 11) is 1.74. The Hall–Kier alpha value is -0.0800. The van der Waals surface area contributed by atoms with Gasteiger partial charge in [0.1, 0.15) is 0 Å². The van der Waals surface area contributed by atoms with Crippen molar-refractivity contribution in [2.75, 3.05) is 20.3 Å². The van der Waals surface area contributed by atoms with Crippen molar-refractivity contribution in [2.24, 2.45) is 17.1 Å². The van der Waals surface area contributed by atoms with Crippen LogP contribution in [-0.4, -0.2) is 20.3 Å². The number of hydrogen-bond acceptors (Lipinski definition) is 2. The third kappa shape index (κ3) is 2.46. The number of hydrogen-bond donors (Lipinski definition) is 1. The highest BCUT2D eigenvalue weighted by atomic mass is 16.5. The minimum absolute atomic E-state index is 0.189. The SMILES string of the molecule is CCC(CN)(COC)C(C)C. The van der Waals surface area contributed by atoms with Gasteiger partial charge in [0.2, 0.25) is 0 Å². The quantitative estimate of drug-likeness (QED) is 0.662. The molecule has 0 aromatic carbocycles. The molecule has 0 aliphatic carbocycles. The van der Waals surface area contributed by atoms with Gasteiger partial charge in [-0.15, -0.1) is 0 Å². The monoisotopic (exact) mass is 159 g/mol. The number of ether oxygens (including phenoxy) is 1. The Morgan fingerprint density at radius 3 is 2.09 bits per heavy atom. The van der Waals surface area contributed by atoms with E-state index in [4.69, 9.17) is 10.5 Å². The maximum atomic E-state index is 5.73. The maximum absolute atomic E-state index is 5.73. The molecule has 2 nitrogen and oxygen atoms in total. The smallest absolute Gasteiger partial charge is 0.0533 e. The van der Waals surface area contributed by atoms with Crippen molar-refractivity contribution in [1.29, 1.82) is 0 Å². The van der Waals surface area contributed by atoms with E-state index in [1.54, 1.807) is 7.11 Å². The second-order valence-corrected chi connectivity index (χ2v) is 3.51. The lowest BCUT2D eigenvalue weighted by atomic mass is 9.76. The van der Waals surface area contributed by atoms with Gasteiger partial charge in [-0.05, 0) is 12.3 Å². The summed E-state index contributed by atoms with van der Waals surface area (Å²) in [5.41, 5.74) is 5.91. The van der Waals surface area contributed by atoms with E-state index in [0.717, 1.165) is 19.6 Å². The molecule has 0 rings (SSSR count). The molecule has 2 N–H and O–H groups in total. The van der Waals surface area contributed by atoms with Crippen LogP contribution in [0.3, 0.4) is 0 Å². The van der Waals surface area contributed by atoms with Crippen molar-refractivity contribution < 1.29 is 4.74 Å². The molecule has 11 heavy (non-hydrogen) atoms.